The van der Waals surface area contributed by atoms with Crippen molar-refractivity contribution in [3.8, 4) is 17.2 Å². The zero-order valence-electron chi connectivity index (χ0n) is 7.33. The molecule has 0 saturated carbocycles. The van der Waals surface area contributed by atoms with Crippen molar-refractivity contribution < 1.29 is 14.6 Å². The van der Waals surface area contributed by atoms with Crippen molar-refractivity contribution in [3.05, 3.63) is 11.6 Å². The SMILES string of the molecule is Cc1c(O)c(N)cc2c1OCCO2. The van der Waals surface area contributed by atoms with Crippen molar-refractivity contribution in [2.45, 2.75) is 6.92 Å². The third-order valence-corrected chi connectivity index (χ3v) is 2.07. The highest BCUT2D eigenvalue weighted by atomic mass is 16.6. The van der Waals surface area contributed by atoms with E-state index in [0.29, 0.717) is 36.0 Å². The summed E-state index contributed by atoms with van der Waals surface area (Å²) in [6.45, 7) is 2.78. The Morgan fingerprint density at radius 1 is 1.38 bits per heavy atom. The van der Waals surface area contributed by atoms with Gasteiger partial charge in [-0.3, -0.25) is 0 Å². The second-order valence-corrected chi connectivity index (χ2v) is 2.96. The molecule has 0 bridgehead atoms. The molecule has 70 valence electrons. The first-order valence-corrected chi connectivity index (χ1v) is 4.08. The van der Waals surface area contributed by atoms with E-state index in [9.17, 15) is 5.11 Å². The van der Waals surface area contributed by atoms with Gasteiger partial charge in [-0.1, -0.05) is 0 Å². The van der Waals surface area contributed by atoms with Crippen LogP contribution in [0, 0.1) is 6.92 Å². The third-order valence-electron chi connectivity index (χ3n) is 2.07. The molecule has 0 fully saturated rings. The van der Waals surface area contributed by atoms with Crippen LogP contribution in [0.2, 0.25) is 0 Å². The number of hydrogen-bond donors (Lipinski definition) is 2. The zero-order valence-corrected chi connectivity index (χ0v) is 7.33. The standard InChI is InChI=1S/C9H11NO3/c1-5-8(11)6(10)4-7-9(5)13-3-2-12-7/h4,11H,2-3,10H2,1H3. The number of anilines is 1. The molecule has 0 unspecified atom stereocenters. The summed E-state index contributed by atoms with van der Waals surface area (Å²) < 4.78 is 10.7. The monoisotopic (exact) mass is 181 g/mol. The van der Waals surface area contributed by atoms with Gasteiger partial charge in [0.15, 0.2) is 11.5 Å². The largest absolute Gasteiger partial charge is 0.505 e. The number of aromatic hydroxyl groups is 1. The molecule has 4 heteroatoms. The average molecular weight is 181 g/mol. The Balaban J connectivity index is 2.60. The second kappa shape index (κ2) is 2.73. The molecule has 3 N–H and O–H groups in total. The van der Waals surface area contributed by atoms with Crippen LogP contribution in [-0.4, -0.2) is 18.3 Å². The molecule has 0 atom stereocenters. The maximum atomic E-state index is 9.50. The highest BCUT2D eigenvalue weighted by Gasteiger charge is 2.18. The van der Waals surface area contributed by atoms with Crippen molar-refractivity contribution in [1.29, 1.82) is 0 Å². The van der Waals surface area contributed by atoms with Gasteiger partial charge in [0, 0.05) is 11.6 Å². The maximum absolute atomic E-state index is 9.50. The van der Waals surface area contributed by atoms with Crippen LogP contribution in [-0.2, 0) is 0 Å². The van der Waals surface area contributed by atoms with E-state index < -0.39 is 0 Å². The first-order chi connectivity index (χ1) is 6.20. The summed E-state index contributed by atoms with van der Waals surface area (Å²) in [4.78, 5) is 0. The van der Waals surface area contributed by atoms with Crippen LogP contribution >= 0.6 is 0 Å². The molecule has 0 aliphatic carbocycles. The van der Waals surface area contributed by atoms with Crippen LogP contribution in [0.4, 0.5) is 5.69 Å². The average Bonchev–Trinajstić information content (AvgIpc) is 2.15. The van der Waals surface area contributed by atoms with Crippen LogP contribution in [0.15, 0.2) is 6.07 Å². The second-order valence-electron chi connectivity index (χ2n) is 2.96. The summed E-state index contributed by atoms with van der Waals surface area (Å²) in [6, 6.07) is 1.58. The lowest BCUT2D eigenvalue weighted by Crippen LogP contribution is -2.16. The van der Waals surface area contributed by atoms with Gasteiger partial charge in [-0.05, 0) is 6.92 Å². The van der Waals surface area contributed by atoms with Gasteiger partial charge in [-0.25, -0.2) is 0 Å². The predicted molar refractivity (Wildman–Crippen MR) is 48.2 cm³/mol. The Morgan fingerprint density at radius 3 is 2.85 bits per heavy atom. The van der Waals surface area contributed by atoms with Crippen molar-refractivity contribution in [1.82, 2.24) is 0 Å². The summed E-state index contributed by atoms with van der Waals surface area (Å²) in [5.74, 6) is 1.28. The van der Waals surface area contributed by atoms with Crippen LogP contribution in [0.3, 0.4) is 0 Å². The minimum atomic E-state index is 0.0734. The Bertz CT molecular complexity index is 349. The van der Waals surface area contributed by atoms with E-state index in [-0.39, 0.29) is 5.75 Å². The van der Waals surface area contributed by atoms with E-state index in [1.165, 1.54) is 0 Å². The molecule has 0 saturated heterocycles. The van der Waals surface area contributed by atoms with Gasteiger partial charge in [0.05, 0.1) is 5.69 Å². The van der Waals surface area contributed by atoms with Gasteiger partial charge in [0.1, 0.15) is 19.0 Å². The Kier molecular flexibility index (Phi) is 1.69. The van der Waals surface area contributed by atoms with Crippen molar-refractivity contribution >= 4 is 5.69 Å². The number of nitrogen functional groups attached to an aromatic ring is 1. The van der Waals surface area contributed by atoms with Crippen LogP contribution in [0.5, 0.6) is 17.2 Å². The summed E-state index contributed by atoms with van der Waals surface area (Å²) >= 11 is 0. The number of phenolic OH excluding ortho intramolecular Hbond substituents is 1. The molecule has 0 spiro atoms. The van der Waals surface area contributed by atoms with Crippen molar-refractivity contribution in [2.75, 3.05) is 18.9 Å². The van der Waals surface area contributed by atoms with Crippen LogP contribution < -0.4 is 15.2 Å². The quantitative estimate of drug-likeness (QED) is 0.464. The van der Waals surface area contributed by atoms with Gasteiger partial charge < -0.3 is 20.3 Å². The minimum absolute atomic E-state index is 0.0734. The van der Waals surface area contributed by atoms with Crippen LogP contribution in [0.1, 0.15) is 5.56 Å². The zero-order chi connectivity index (χ0) is 9.42. The first kappa shape index (κ1) is 8.04. The molecule has 1 aliphatic heterocycles. The van der Waals surface area contributed by atoms with E-state index in [2.05, 4.69) is 0 Å². The Hall–Kier alpha value is -1.58. The third kappa shape index (κ3) is 1.14. The van der Waals surface area contributed by atoms with E-state index in [1.54, 1.807) is 13.0 Å². The maximum Gasteiger partial charge on any atom is 0.168 e. The lowest BCUT2D eigenvalue weighted by molar-refractivity contribution is 0.170. The molecule has 0 radical (unpaired) electrons. The molecular weight excluding hydrogens is 170 g/mol. The van der Waals surface area contributed by atoms with E-state index in [4.69, 9.17) is 15.2 Å². The van der Waals surface area contributed by atoms with Crippen molar-refractivity contribution in [3.63, 3.8) is 0 Å². The van der Waals surface area contributed by atoms with E-state index in [0.717, 1.165) is 0 Å². The topological polar surface area (TPSA) is 64.7 Å². The van der Waals surface area contributed by atoms with Crippen LogP contribution in [0.25, 0.3) is 0 Å². The molecule has 0 amide bonds. The highest BCUT2D eigenvalue weighted by Crippen LogP contribution is 2.41. The number of hydrogen-bond acceptors (Lipinski definition) is 4. The lowest BCUT2D eigenvalue weighted by atomic mass is 10.1. The molecule has 13 heavy (non-hydrogen) atoms. The lowest BCUT2D eigenvalue weighted by Gasteiger charge is -2.21. The minimum Gasteiger partial charge on any atom is -0.505 e. The van der Waals surface area contributed by atoms with Gasteiger partial charge in [0.25, 0.3) is 0 Å². The molecule has 1 heterocycles. The van der Waals surface area contributed by atoms with Crippen molar-refractivity contribution in [2.24, 2.45) is 0 Å². The molecule has 2 rings (SSSR count). The smallest absolute Gasteiger partial charge is 0.168 e. The molecule has 1 aromatic rings. The van der Waals surface area contributed by atoms with Gasteiger partial charge in [-0.2, -0.15) is 0 Å². The van der Waals surface area contributed by atoms with E-state index in [1.807, 2.05) is 0 Å². The molecule has 1 aromatic carbocycles. The number of nitrogens with two attached hydrogens (primary N) is 1. The predicted octanol–water partition coefficient (Wildman–Crippen LogP) is 1.05. The summed E-state index contributed by atoms with van der Waals surface area (Å²) in [6.07, 6.45) is 0. The van der Waals surface area contributed by atoms with E-state index >= 15 is 0 Å². The summed E-state index contributed by atoms with van der Waals surface area (Å²) in [7, 11) is 0. The fraction of sp³-hybridized carbons (Fsp3) is 0.333. The fourth-order valence-corrected chi connectivity index (χ4v) is 1.37. The van der Waals surface area contributed by atoms with Gasteiger partial charge >= 0.3 is 0 Å². The number of phenols is 1. The molecular formula is C9H11NO3. The molecule has 4 nitrogen and oxygen atoms in total. The molecule has 1 aliphatic rings. The van der Waals surface area contributed by atoms with Gasteiger partial charge in [-0.15, -0.1) is 0 Å². The fourth-order valence-electron chi connectivity index (χ4n) is 1.37. The Labute approximate surface area is 75.9 Å². The highest BCUT2D eigenvalue weighted by molar-refractivity contribution is 5.66. The number of benzene rings is 1. The Morgan fingerprint density at radius 2 is 2.08 bits per heavy atom. The number of ether oxygens (including phenoxy) is 2. The first-order valence-electron chi connectivity index (χ1n) is 4.08. The summed E-state index contributed by atoms with van der Waals surface area (Å²) in [5.41, 5.74) is 6.51. The summed E-state index contributed by atoms with van der Waals surface area (Å²) in [5, 5.41) is 9.50. The normalized spacial score (nSPS) is 14.2. The molecule has 0 aromatic heterocycles. The number of fused-ring (bicyclic) bond motifs is 1. The number of rotatable bonds is 0. The van der Waals surface area contributed by atoms with Gasteiger partial charge in [0.2, 0.25) is 0 Å².